The van der Waals surface area contributed by atoms with Gasteiger partial charge in [0.1, 0.15) is 22.1 Å². The SMILES string of the molecule is CCOC(=O)C1=C(O)/C(=C/c2cc(Cl)ccc2OC)SC1=Nc1ccccc1. The highest BCUT2D eigenvalue weighted by atomic mass is 35.5. The monoisotopic (exact) mass is 415 g/mol. The zero-order valence-corrected chi connectivity index (χ0v) is 16.9. The van der Waals surface area contributed by atoms with E-state index in [-0.39, 0.29) is 17.9 Å². The number of aliphatic hydroxyl groups excluding tert-OH is 1. The standard InChI is InChI=1S/C21H18ClNO4S/c1-3-27-21(25)18-19(24)17(12-13-11-14(22)9-10-16(13)26-2)28-20(18)23-15-7-5-4-6-8-15/h4-12,24H,3H2,1-2H3/b17-12-,23-20?. The lowest BCUT2D eigenvalue weighted by molar-refractivity contribution is -0.138. The molecule has 1 heterocycles. The van der Waals surface area contributed by atoms with Gasteiger partial charge in [-0.3, -0.25) is 0 Å². The van der Waals surface area contributed by atoms with Crippen LogP contribution in [0.1, 0.15) is 12.5 Å². The van der Waals surface area contributed by atoms with Crippen LogP contribution < -0.4 is 4.74 Å². The summed E-state index contributed by atoms with van der Waals surface area (Å²) in [5.41, 5.74) is 1.39. The van der Waals surface area contributed by atoms with Crippen LogP contribution in [0.25, 0.3) is 6.08 Å². The van der Waals surface area contributed by atoms with Crippen molar-refractivity contribution in [1.29, 1.82) is 0 Å². The molecule has 0 saturated carbocycles. The lowest BCUT2D eigenvalue weighted by Crippen LogP contribution is -2.12. The van der Waals surface area contributed by atoms with Gasteiger partial charge in [-0.05, 0) is 43.3 Å². The van der Waals surface area contributed by atoms with Gasteiger partial charge in [-0.25, -0.2) is 9.79 Å². The van der Waals surface area contributed by atoms with Crippen molar-refractivity contribution < 1.29 is 19.4 Å². The topological polar surface area (TPSA) is 68.1 Å². The van der Waals surface area contributed by atoms with E-state index in [0.717, 1.165) is 0 Å². The number of nitrogens with zero attached hydrogens (tertiary/aromatic N) is 1. The smallest absolute Gasteiger partial charge is 0.344 e. The molecule has 0 atom stereocenters. The third-order valence-corrected chi connectivity index (χ3v) is 5.09. The number of esters is 1. The number of aliphatic imine (C=N–C) groups is 1. The van der Waals surface area contributed by atoms with Gasteiger partial charge in [0.2, 0.25) is 0 Å². The van der Waals surface area contributed by atoms with Crippen molar-refractivity contribution in [2.75, 3.05) is 13.7 Å². The van der Waals surface area contributed by atoms with Gasteiger partial charge in [-0.15, -0.1) is 0 Å². The summed E-state index contributed by atoms with van der Waals surface area (Å²) in [6, 6.07) is 14.4. The first-order chi connectivity index (χ1) is 13.5. The number of halogens is 1. The van der Waals surface area contributed by atoms with Gasteiger partial charge >= 0.3 is 5.97 Å². The summed E-state index contributed by atoms with van der Waals surface area (Å²) in [6.07, 6.45) is 1.71. The zero-order chi connectivity index (χ0) is 20.1. The highest BCUT2D eigenvalue weighted by molar-refractivity contribution is 8.18. The number of aliphatic hydroxyl groups is 1. The highest BCUT2D eigenvalue weighted by Crippen LogP contribution is 2.41. The molecule has 0 aromatic heterocycles. The van der Waals surface area contributed by atoms with E-state index in [1.807, 2.05) is 30.3 Å². The van der Waals surface area contributed by atoms with Crippen LogP contribution in [0.3, 0.4) is 0 Å². The average Bonchev–Trinajstić information content (AvgIpc) is 2.98. The van der Waals surface area contributed by atoms with Crippen LogP contribution in [0.15, 0.2) is 69.8 Å². The molecule has 2 aromatic rings. The van der Waals surface area contributed by atoms with E-state index in [1.54, 1.807) is 38.3 Å². The Bertz CT molecular complexity index is 983. The number of carbonyl (C=O) groups is 1. The van der Waals surface area contributed by atoms with Crippen LogP contribution in [-0.4, -0.2) is 29.8 Å². The molecule has 0 bridgehead atoms. The number of carbonyl (C=O) groups excluding carboxylic acids is 1. The first kappa shape index (κ1) is 20.0. The van der Waals surface area contributed by atoms with Gasteiger partial charge in [0.15, 0.2) is 0 Å². The van der Waals surface area contributed by atoms with Gasteiger partial charge < -0.3 is 14.6 Å². The first-order valence-corrected chi connectivity index (χ1v) is 9.70. The number of ether oxygens (including phenoxy) is 2. The van der Waals surface area contributed by atoms with Crippen molar-refractivity contribution in [1.82, 2.24) is 0 Å². The minimum absolute atomic E-state index is 0.0444. The molecule has 144 valence electrons. The van der Waals surface area contributed by atoms with Gasteiger partial charge in [-0.1, -0.05) is 41.6 Å². The van der Waals surface area contributed by atoms with Crippen LogP contribution in [0.4, 0.5) is 5.69 Å². The molecular weight excluding hydrogens is 398 g/mol. The predicted octanol–water partition coefficient (Wildman–Crippen LogP) is 5.54. The Balaban J connectivity index is 2.08. The molecular formula is C21H18ClNO4S. The van der Waals surface area contributed by atoms with E-state index in [9.17, 15) is 9.90 Å². The fourth-order valence-corrected chi connectivity index (χ4v) is 3.78. The maximum atomic E-state index is 12.4. The molecule has 0 unspecified atom stereocenters. The van der Waals surface area contributed by atoms with Crippen LogP contribution >= 0.6 is 23.4 Å². The molecule has 0 spiro atoms. The molecule has 3 rings (SSSR count). The second-order valence-corrected chi connectivity index (χ2v) is 7.16. The van der Waals surface area contributed by atoms with Crippen LogP contribution in [0.5, 0.6) is 5.75 Å². The summed E-state index contributed by atoms with van der Waals surface area (Å²) in [5.74, 6) is -0.208. The van der Waals surface area contributed by atoms with Crippen LogP contribution in [0, 0.1) is 0 Å². The largest absolute Gasteiger partial charge is 0.506 e. The van der Waals surface area contributed by atoms with Crippen molar-refractivity contribution >= 4 is 46.1 Å². The fraction of sp³-hybridized carbons (Fsp3) is 0.143. The molecule has 0 fully saturated rings. The summed E-state index contributed by atoms with van der Waals surface area (Å²) >= 11 is 7.27. The highest BCUT2D eigenvalue weighted by Gasteiger charge is 2.33. The summed E-state index contributed by atoms with van der Waals surface area (Å²) in [7, 11) is 1.55. The molecule has 1 aliphatic heterocycles. The summed E-state index contributed by atoms with van der Waals surface area (Å²) in [6.45, 7) is 1.90. The Kier molecular flexibility index (Phi) is 6.44. The summed E-state index contributed by atoms with van der Waals surface area (Å²) in [4.78, 5) is 17.4. The Morgan fingerprint density at radius 2 is 2.00 bits per heavy atom. The van der Waals surface area contributed by atoms with Gasteiger partial charge in [0, 0.05) is 10.6 Å². The first-order valence-electron chi connectivity index (χ1n) is 8.51. The number of para-hydroxylation sites is 1. The van der Waals surface area contributed by atoms with Crippen molar-refractivity contribution in [3.63, 3.8) is 0 Å². The predicted molar refractivity (Wildman–Crippen MR) is 113 cm³/mol. The molecule has 28 heavy (non-hydrogen) atoms. The molecule has 1 aliphatic rings. The average molecular weight is 416 g/mol. The molecule has 0 amide bonds. The second kappa shape index (κ2) is 8.99. The second-order valence-electron chi connectivity index (χ2n) is 5.69. The number of hydrogen-bond acceptors (Lipinski definition) is 6. The van der Waals surface area contributed by atoms with Gasteiger partial charge in [0.25, 0.3) is 0 Å². The van der Waals surface area contributed by atoms with E-state index in [0.29, 0.717) is 32.0 Å². The van der Waals surface area contributed by atoms with E-state index in [1.165, 1.54) is 11.8 Å². The fourth-order valence-electron chi connectivity index (χ4n) is 2.57. The van der Waals surface area contributed by atoms with Crippen LogP contribution in [0.2, 0.25) is 5.02 Å². The Hall–Kier alpha value is -2.70. The molecule has 7 heteroatoms. The third kappa shape index (κ3) is 4.40. The maximum Gasteiger partial charge on any atom is 0.344 e. The lowest BCUT2D eigenvalue weighted by Gasteiger charge is -2.06. The molecule has 0 radical (unpaired) electrons. The summed E-state index contributed by atoms with van der Waals surface area (Å²) in [5, 5.41) is 11.6. The van der Waals surface area contributed by atoms with E-state index < -0.39 is 5.97 Å². The number of benzene rings is 2. The lowest BCUT2D eigenvalue weighted by atomic mass is 10.1. The molecule has 0 saturated heterocycles. The van der Waals surface area contributed by atoms with E-state index >= 15 is 0 Å². The molecule has 5 nitrogen and oxygen atoms in total. The number of methoxy groups -OCH3 is 1. The minimum atomic E-state index is -0.622. The van der Waals surface area contributed by atoms with Crippen molar-refractivity contribution in [2.45, 2.75) is 6.92 Å². The number of hydrogen-bond donors (Lipinski definition) is 1. The quantitative estimate of drug-likeness (QED) is 0.649. The third-order valence-electron chi connectivity index (χ3n) is 3.84. The summed E-state index contributed by atoms with van der Waals surface area (Å²) < 4.78 is 10.5. The van der Waals surface area contributed by atoms with Crippen molar-refractivity contribution in [3.05, 3.63) is 75.4 Å². The normalized spacial score (nSPS) is 16.7. The molecule has 1 N–H and O–H groups in total. The van der Waals surface area contributed by atoms with Crippen LogP contribution in [-0.2, 0) is 9.53 Å². The minimum Gasteiger partial charge on any atom is -0.506 e. The Labute approximate surface area is 172 Å². The zero-order valence-electron chi connectivity index (χ0n) is 15.3. The Morgan fingerprint density at radius 1 is 1.25 bits per heavy atom. The van der Waals surface area contributed by atoms with Gasteiger partial charge in [0.05, 0.1) is 24.3 Å². The van der Waals surface area contributed by atoms with E-state index in [4.69, 9.17) is 21.1 Å². The van der Waals surface area contributed by atoms with Crippen molar-refractivity contribution in [3.8, 4) is 5.75 Å². The number of thioether (sulfide) groups is 1. The molecule has 0 aliphatic carbocycles. The van der Waals surface area contributed by atoms with Crippen molar-refractivity contribution in [2.24, 2.45) is 4.99 Å². The van der Waals surface area contributed by atoms with E-state index in [2.05, 4.69) is 4.99 Å². The Morgan fingerprint density at radius 3 is 2.68 bits per heavy atom. The molecule has 2 aromatic carbocycles. The van der Waals surface area contributed by atoms with Gasteiger partial charge in [-0.2, -0.15) is 0 Å². The maximum absolute atomic E-state index is 12.4. The number of rotatable bonds is 5.